The van der Waals surface area contributed by atoms with Crippen molar-refractivity contribution < 1.29 is 19.5 Å². The number of carbonyl (C=O) groups excluding carboxylic acids is 2. The number of hydrogen-bond acceptors (Lipinski definition) is 3. The summed E-state index contributed by atoms with van der Waals surface area (Å²) in [6.07, 6.45) is 0. The zero-order valence-electron chi connectivity index (χ0n) is 13.0. The molecule has 7 nitrogen and oxygen atoms in total. The van der Waals surface area contributed by atoms with Crippen LogP contribution in [0.3, 0.4) is 0 Å². The van der Waals surface area contributed by atoms with Crippen molar-refractivity contribution in [2.75, 3.05) is 13.6 Å². The van der Waals surface area contributed by atoms with E-state index in [4.69, 9.17) is 5.11 Å². The predicted molar refractivity (Wildman–Crippen MR) is 75.3 cm³/mol. The molecule has 0 spiro atoms. The van der Waals surface area contributed by atoms with Crippen LogP contribution in [0, 0.1) is 5.41 Å². The Morgan fingerprint density at radius 1 is 1.15 bits per heavy atom. The van der Waals surface area contributed by atoms with Crippen molar-refractivity contribution in [1.82, 2.24) is 15.5 Å². The maximum Gasteiger partial charge on any atom is 0.326 e. The van der Waals surface area contributed by atoms with Crippen LogP contribution in [-0.4, -0.2) is 53.6 Å². The zero-order chi connectivity index (χ0) is 16.1. The van der Waals surface area contributed by atoms with Gasteiger partial charge in [-0.15, -0.1) is 0 Å². The van der Waals surface area contributed by atoms with Crippen molar-refractivity contribution >= 4 is 17.9 Å². The van der Waals surface area contributed by atoms with Gasteiger partial charge in [0.25, 0.3) is 0 Å². The summed E-state index contributed by atoms with van der Waals surface area (Å²) in [5.74, 6) is -1.40. The molecular weight excluding hydrogens is 262 g/mol. The Morgan fingerprint density at radius 3 is 2.00 bits per heavy atom. The molecule has 0 aliphatic carbocycles. The molecule has 0 aliphatic heterocycles. The monoisotopic (exact) mass is 287 g/mol. The maximum absolute atomic E-state index is 11.9. The van der Waals surface area contributed by atoms with Gasteiger partial charge in [0, 0.05) is 13.1 Å². The number of aliphatic carboxylic acids is 1. The minimum absolute atomic E-state index is 0.0136. The molecule has 0 aromatic heterocycles. The van der Waals surface area contributed by atoms with Crippen LogP contribution in [0.2, 0.25) is 0 Å². The average Bonchev–Trinajstić information content (AvgIpc) is 2.21. The third kappa shape index (κ3) is 6.40. The molecule has 0 fully saturated rings. The highest BCUT2D eigenvalue weighted by Crippen LogP contribution is 2.19. The second-order valence-electron chi connectivity index (χ2n) is 6.17. The Hall–Kier alpha value is -1.79. The van der Waals surface area contributed by atoms with E-state index in [1.807, 2.05) is 13.8 Å². The van der Waals surface area contributed by atoms with Gasteiger partial charge in [0.2, 0.25) is 5.91 Å². The molecule has 0 heterocycles. The summed E-state index contributed by atoms with van der Waals surface area (Å²) < 4.78 is 0. The first-order valence-corrected chi connectivity index (χ1v) is 6.49. The lowest BCUT2D eigenvalue weighted by atomic mass is 9.87. The normalized spacial score (nSPS) is 12.8. The van der Waals surface area contributed by atoms with Crippen LogP contribution >= 0.6 is 0 Å². The van der Waals surface area contributed by atoms with Gasteiger partial charge in [-0.25, -0.2) is 9.59 Å². The zero-order valence-corrected chi connectivity index (χ0v) is 13.0. The number of urea groups is 1. The van der Waals surface area contributed by atoms with Crippen LogP contribution in [-0.2, 0) is 9.59 Å². The van der Waals surface area contributed by atoms with Crippen LogP contribution in [0.4, 0.5) is 4.79 Å². The fraction of sp³-hybridized carbons (Fsp3) is 0.769. The van der Waals surface area contributed by atoms with E-state index >= 15 is 0 Å². The summed E-state index contributed by atoms with van der Waals surface area (Å²) in [5, 5.41) is 14.2. The topological polar surface area (TPSA) is 98.7 Å². The molecular formula is C13H25N3O4. The van der Waals surface area contributed by atoms with Crippen molar-refractivity contribution in [2.24, 2.45) is 5.41 Å². The van der Waals surface area contributed by atoms with Crippen LogP contribution in [0.25, 0.3) is 0 Å². The number of hydrogen-bond donors (Lipinski definition) is 3. The highest BCUT2D eigenvalue weighted by molar-refractivity contribution is 5.86. The molecule has 0 bridgehead atoms. The van der Waals surface area contributed by atoms with Gasteiger partial charge < -0.3 is 20.6 Å². The van der Waals surface area contributed by atoms with Gasteiger partial charge in [-0.1, -0.05) is 20.8 Å². The molecule has 0 aromatic rings. The molecule has 1 unspecified atom stereocenters. The SMILES string of the molecule is CC(C)NC(=O)CN(C)C(=O)NC(C(=O)O)C(C)(C)C. The van der Waals surface area contributed by atoms with Gasteiger partial charge in [-0.3, -0.25) is 4.79 Å². The fourth-order valence-corrected chi connectivity index (χ4v) is 1.54. The van der Waals surface area contributed by atoms with Gasteiger partial charge in [0.05, 0.1) is 0 Å². The van der Waals surface area contributed by atoms with Crippen molar-refractivity contribution in [1.29, 1.82) is 0 Å². The number of nitrogens with one attached hydrogen (secondary N) is 2. The lowest BCUT2D eigenvalue weighted by Gasteiger charge is -2.29. The number of likely N-dealkylation sites (N-methyl/N-ethyl adjacent to an activating group) is 1. The molecule has 116 valence electrons. The van der Waals surface area contributed by atoms with Crippen LogP contribution in [0.5, 0.6) is 0 Å². The molecule has 3 amide bonds. The highest BCUT2D eigenvalue weighted by atomic mass is 16.4. The highest BCUT2D eigenvalue weighted by Gasteiger charge is 2.33. The van der Waals surface area contributed by atoms with Crippen molar-refractivity contribution in [3.8, 4) is 0 Å². The van der Waals surface area contributed by atoms with E-state index in [1.54, 1.807) is 20.8 Å². The predicted octanol–water partition coefficient (Wildman–Crippen LogP) is 0.652. The number of nitrogens with zero attached hydrogens (tertiary/aromatic N) is 1. The Balaban J connectivity index is 4.59. The lowest BCUT2D eigenvalue weighted by molar-refractivity contribution is -0.142. The minimum Gasteiger partial charge on any atom is -0.480 e. The smallest absolute Gasteiger partial charge is 0.326 e. The summed E-state index contributed by atoms with van der Waals surface area (Å²) in [4.78, 5) is 35.7. The molecule has 0 aromatic carbocycles. The molecule has 0 radical (unpaired) electrons. The summed E-state index contributed by atoms with van der Waals surface area (Å²) in [7, 11) is 1.44. The summed E-state index contributed by atoms with van der Waals surface area (Å²) in [5.41, 5.74) is -0.622. The molecule has 0 rings (SSSR count). The summed E-state index contributed by atoms with van der Waals surface area (Å²) >= 11 is 0. The maximum atomic E-state index is 11.9. The molecule has 3 N–H and O–H groups in total. The number of rotatable bonds is 5. The van der Waals surface area contributed by atoms with Crippen molar-refractivity contribution in [3.63, 3.8) is 0 Å². The molecule has 0 aliphatic rings. The Bertz CT molecular complexity index is 374. The van der Waals surface area contributed by atoms with E-state index in [0.717, 1.165) is 4.90 Å². The van der Waals surface area contributed by atoms with E-state index < -0.39 is 23.5 Å². The fourth-order valence-electron chi connectivity index (χ4n) is 1.54. The first-order valence-electron chi connectivity index (χ1n) is 6.49. The van der Waals surface area contributed by atoms with Gasteiger partial charge in [0.1, 0.15) is 12.6 Å². The van der Waals surface area contributed by atoms with Crippen LogP contribution < -0.4 is 10.6 Å². The van der Waals surface area contributed by atoms with Crippen LogP contribution in [0.1, 0.15) is 34.6 Å². The molecule has 0 saturated carbocycles. The van der Waals surface area contributed by atoms with Crippen LogP contribution in [0.15, 0.2) is 0 Å². The van der Waals surface area contributed by atoms with Crippen molar-refractivity contribution in [3.05, 3.63) is 0 Å². The first-order chi connectivity index (χ1) is 8.95. The van der Waals surface area contributed by atoms with Crippen molar-refractivity contribution in [2.45, 2.75) is 46.7 Å². The number of carboxylic acids is 1. The lowest BCUT2D eigenvalue weighted by Crippen LogP contribution is -2.54. The van der Waals surface area contributed by atoms with Gasteiger partial charge in [-0.2, -0.15) is 0 Å². The van der Waals surface area contributed by atoms with E-state index in [0.29, 0.717) is 0 Å². The Kier molecular flexibility index (Phi) is 6.48. The first kappa shape index (κ1) is 18.2. The van der Waals surface area contributed by atoms with E-state index in [2.05, 4.69) is 10.6 Å². The number of carbonyl (C=O) groups is 3. The van der Waals surface area contributed by atoms with E-state index in [-0.39, 0.29) is 18.5 Å². The Morgan fingerprint density at radius 2 is 1.65 bits per heavy atom. The van der Waals surface area contributed by atoms with Gasteiger partial charge in [0.15, 0.2) is 0 Å². The second kappa shape index (κ2) is 7.12. The van der Waals surface area contributed by atoms with Gasteiger partial charge >= 0.3 is 12.0 Å². The molecule has 0 saturated heterocycles. The molecule has 1 atom stereocenters. The standard InChI is InChI=1S/C13H25N3O4/c1-8(2)14-9(17)7-16(6)12(20)15-10(11(18)19)13(3,4)5/h8,10H,7H2,1-6H3,(H,14,17)(H,15,20)(H,18,19). The summed E-state index contributed by atoms with van der Waals surface area (Å²) in [6, 6.07) is -1.63. The summed E-state index contributed by atoms with van der Waals surface area (Å²) in [6.45, 7) is 8.67. The minimum atomic E-state index is -1.11. The average molecular weight is 287 g/mol. The third-order valence-corrected chi connectivity index (χ3v) is 2.56. The Labute approximate surface area is 119 Å². The number of carboxylic acid groups (broad SMARTS) is 1. The molecule has 7 heteroatoms. The third-order valence-electron chi connectivity index (χ3n) is 2.56. The van der Waals surface area contributed by atoms with Gasteiger partial charge in [-0.05, 0) is 19.3 Å². The quantitative estimate of drug-likeness (QED) is 0.691. The van der Waals surface area contributed by atoms with E-state index in [9.17, 15) is 14.4 Å². The molecule has 20 heavy (non-hydrogen) atoms. The largest absolute Gasteiger partial charge is 0.480 e. The number of amides is 3. The second-order valence-corrected chi connectivity index (χ2v) is 6.17. The van der Waals surface area contributed by atoms with E-state index in [1.165, 1.54) is 7.05 Å².